The summed E-state index contributed by atoms with van der Waals surface area (Å²) in [5.74, 6) is 1.91. The molecule has 2 heterocycles. The van der Waals surface area contributed by atoms with Crippen LogP contribution >= 0.6 is 0 Å². The topological polar surface area (TPSA) is 78.3 Å². The summed E-state index contributed by atoms with van der Waals surface area (Å²) in [6.07, 6.45) is 7.41. The monoisotopic (exact) mass is 367 g/mol. The first-order valence-corrected chi connectivity index (χ1v) is 8.95. The molecule has 2 aromatic heterocycles. The second-order valence-corrected chi connectivity index (χ2v) is 6.47. The van der Waals surface area contributed by atoms with Crippen LogP contribution in [0.5, 0.6) is 5.75 Å². The number of nitrogen functional groups attached to an aromatic ring is 1. The van der Waals surface area contributed by atoms with Gasteiger partial charge in [-0.1, -0.05) is 60.7 Å². The van der Waals surface area contributed by atoms with Crippen molar-refractivity contribution >= 4 is 16.9 Å². The first kappa shape index (κ1) is 16.3. The number of benzene rings is 2. The average molecular weight is 367 g/mol. The maximum Gasteiger partial charge on any atom is 0.162 e. The van der Waals surface area contributed by atoms with Crippen molar-refractivity contribution in [2.24, 2.45) is 0 Å². The molecule has 1 aliphatic carbocycles. The first-order chi connectivity index (χ1) is 13.8. The number of anilines is 1. The molecule has 0 saturated carbocycles. The van der Waals surface area contributed by atoms with E-state index in [9.17, 15) is 0 Å². The molecule has 0 bridgehead atoms. The number of ether oxygens (including phenoxy) is 1. The summed E-state index contributed by atoms with van der Waals surface area (Å²) >= 11 is 0. The van der Waals surface area contributed by atoms with Crippen molar-refractivity contribution in [3.63, 3.8) is 0 Å². The molecule has 5 rings (SSSR count). The Hall–Kier alpha value is -3.93. The van der Waals surface area contributed by atoms with Crippen LogP contribution in [-0.4, -0.2) is 19.6 Å². The van der Waals surface area contributed by atoms with E-state index < -0.39 is 0 Å². The zero-order valence-electron chi connectivity index (χ0n) is 15.0. The van der Waals surface area contributed by atoms with Crippen LogP contribution < -0.4 is 10.5 Å². The molecule has 0 fully saturated rings. The number of nitrogens with zero attached hydrogens (tertiary/aromatic N) is 4. The molecule has 136 valence electrons. The number of rotatable bonds is 5. The molecule has 2 aromatic carbocycles. The van der Waals surface area contributed by atoms with Crippen LogP contribution in [-0.2, 0) is 6.61 Å². The highest BCUT2D eigenvalue weighted by atomic mass is 16.5. The fraction of sp³-hybridized carbons (Fsp3) is 0.0455. The Bertz CT molecular complexity index is 1220. The smallest absolute Gasteiger partial charge is 0.162 e. The first-order valence-electron chi connectivity index (χ1n) is 8.95. The predicted octanol–water partition coefficient (Wildman–Crippen LogP) is 3.91. The fourth-order valence-electron chi connectivity index (χ4n) is 3.16. The maximum atomic E-state index is 6.16. The van der Waals surface area contributed by atoms with E-state index in [4.69, 9.17) is 15.5 Å². The molecule has 0 amide bonds. The lowest BCUT2D eigenvalue weighted by Crippen LogP contribution is -2.02. The van der Waals surface area contributed by atoms with Gasteiger partial charge >= 0.3 is 0 Å². The second kappa shape index (κ2) is 6.66. The summed E-state index contributed by atoms with van der Waals surface area (Å²) in [4.78, 5) is 8.95. The van der Waals surface area contributed by atoms with E-state index in [1.807, 2.05) is 72.8 Å². The van der Waals surface area contributed by atoms with Crippen molar-refractivity contribution in [2.75, 3.05) is 5.73 Å². The lowest BCUT2D eigenvalue weighted by molar-refractivity contribution is 0.306. The van der Waals surface area contributed by atoms with Gasteiger partial charge in [-0.15, -0.1) is 0 Å². The lowest BCUT2D eigenvalue weighted by atomic mass is 10.1. The van der Waals surface area contributed by atoms with Crippen LogP contribution in [0.25, 0.3) is 22.3 Å². The van der Waals surface area contributed by atoms with E-state index in [1.165, 1.54) is 6.33 Å². The second-order valence-electron chi connectivity index (χ2n) is 6.47. The Labute approximate surface area is 161 Å². The van der Waals surface area contributed by atoms with Gasteiger partial charge in [0.15, 0.2) is 11.6 Å². The van der Waals surface area contributed by atoms with Gasteiger partial charge < -0.3 is 10.5 Å². The molecule has 0 unspecified atom stereocenters. The van der Waals surface area contributed by atoms with Crippen LogP contribution in [0.3, 0.4) is 0 Å². The molecule has 0 saturated heterocycles. The highest BCUT2D eigenvalue weighted by Crippen LogP contribution is 2.33. The fourth-order valence-corrected chi connectivity index (χ4v) is 3.16. The maximum absolute atomic E-state index is 6.16. The van der Waals surface area contributed by atoms with Gasteiger partial charge in [-0.3, -0.25) is 0 Å². The minimum Gasteiger partial charge on any atom is -0.489 e. The van der Waals surface area contributed by atoms with Crippen LogP contribution in [0, 0.1) is 0 Å². The Morgan fingerprint density at radius 2 is 1.89 bits per heavy atom. The summed E-state index contributed by atoms with van der Waals surface area (Å²) in [5.41, 5.74) is 10.6. The lowest BCUT2D eigenvalue weighted by Gasteiger charge is -2.08. The van der Waals surface area contributed by atoms with Crippen LogP contribution in [0.1, 0.15) is 11.4 Å². The molecule has 0 aliphatic heterocycles. The third-order valence-corrected chi connectivity index (χ3v) is 4.63. The van der Waals surface area contributed by atoms with E-state index in [-0.39, 0.29) is 0 Å². The number of imidazole rings is 1. The van der Waals surface area contributed by atoms with E-state index >= 15 is 0 Å². The van der Waals surface area contributed by atoms with Gasteiger partial charge in [0.05, 0.1) is 0 Å². The number of fused-ring (bicyclic) bond motifs is 1. The Kier molecular flexibility index (Phi) is 3.87. The molecule has 0 spiro atoms. The highest BCUT2D eigenvalue weighted by molar-refractivity contribution is 5.89. The molecule has 28 heavy (non-hydrogen) atoms. The van der Waals surface area contributed by atoms with Crippen molar-refractivity contribution in [3.8, 4) is 17.0 Å². The number of nitrogens with two attached hydrogens (primary N) is 1. The van der Waals surface area contributed by atoms with Crippen molar-refractivity contribution in [1.29, 1.82) is 0 Å². The number of aromatic nitrogens is 4. The molecular weight excluding hydrogens is 350 g/mol. The van der Waals surface area contributed by atoms with Crippen LogP contribution in [0.15, 0.2) is 79.2 Å². The zero-order chi connectivity index (χ0) is 18.9. The van der Waals surface area contributed by atoms with E-state index in [2.05, 4.69) is 10.1 Å². The van der Waals surface area contributed by atoms with Gasteiger partial charge in [-0.05, 0) is 17.7 Å². The molecule has 0 radical (unpaired) electrons. The Morgan fingerprint density at radius 3 is 2.68 bits per heavy atom. The minimum atomic E-state index is 0.392. The van der Waals surface area contributed by atoms with Crippen molar-refractivity contribution in [2.45, 2.75) is 6.61 Å². The quantitative estimate of drug-likeness (QED) is 0.579. The molecule has 6 heteroatoms. The molecule has 2 N–H and O–H groups in total. The van der Waals surface area contributed by atoms with Crippen LogP contribution in [0.2, 0.25) is 0 Å². The highest BCUT2D eigenvalue weighted by Gasteiger charge is 2.20. The molecule has 1 aliphatic rings. The zero-order valence-corrected chi connectivity index (χ0v) is 15.0. The van der Waals surface area contributed by atoms with E-state index in [1.54, 1.807) is 4.52 Å². The number of hydrogen-bond acceptors (Lipinski definition) is 5. The van der Waals surface area contributed by atoms with Gasteiger partial charge in [0.25, 0.3) is 0 Å². The summed E-state index contributed by atoms with van der Waals surface area (Å²) < 4.78 is 7.70. The molecule has 6 nitrogen and oxygen atoms in total. The van der Waals surface area contributed by atoms with Crippen LogP contribution in [0.4, 0.5) is 5.82 Å². The minimum absolute atomic E-state index is 0.392. The number of allylic oxidation sites excluding steroid dienone is 4. The third kappa shape index (κ3) is 2.81. The SMILES string of the molecule is Nc1ncnn2c(C3=CC=C3)nc(-c3cccc(OCc4ccccc4)c3)c12. The Balaban J connectivity index is 1.53. The van der Waals surface area contributed by atoms with Crippen molar-refractivity contribution in [3.05, 3.63) is 90.5 Å². The predicted molar refractivity (Wildman–Crippen MR) is 109 cm³/mol. The summed E-state index contributed by atoms with van der Waals surface area (Å²) in [5, 5.41) is 4.35. The van der Waals surface area contributed by atoms with Gasteiger partial charge in [0.2, 0.25) is 0 Å². The summed E-state index contributed by atoms with van der Waals surface area (Å²) in [6, 6.07) is 17.9. The van der Waals surface area contributed by atoms with Gasteiger partial charge in [-0.2, -0.15) is 5.10 Å². The van der Waals surface area contributed by atoms with Crippen molar-refractivity contribution in [1.82, 2.24) is 19.6 Å². The van der Waals surface area contributed by atoms with Gasteiger partial charge in [0.1, 0.15) is 29.9 Å². The third-order valence-electron chi connectivity index (χ3n) is 4.63. The molecular formula is C22H17N5O. The van der Waals surface area contributed by atoms with E-state index in [0.717, 1.165) is 34.0 Å². The molecule has 0 atom stereocenters. The van der Waals surface area contributed by atoms with E-state index in [0.29, 0.717) is 17.9 Å². The summed E-state index contributed by atoms with van der Waals surface area (Å²) in [6.45, 7) is 0.502. The van der Waals surface area contributed by atoms with Crippen molar-refractivity contribution < 1.29 is 4.74 Å². The largest absolute Gasteiger partial charge is 0.489 e. The normalized spacial score (nSPS) is 12.6. The average Bonchev–Trinajstić information content (AvgIpc) is 3.07. The Morgan fingerprint density at radius 1 is 1.04 bits per heavy atom. The summed E-state index contributed by atoms with van der Waals surface area (Å²) in [7, 11) is 0. The standard InChI is InChI=1S/C22H17N5O/c23-21-20-19(26-22(16-8-4-9-16)27(20)25-14-24-21)17-10-5-11-18(12-17)28-13-15-6-2-1-3-7-15/h1-12,14H,13H2,(H2,23,24,25). The number of hydrogen-bond donors (Lipinski definition) is 1. The molecule has 4 aromatic rings. The van der Waals surface area contributed by atoms with Gasteiger partial charge in [0, 0.05) is 11.1 Å². The van der Waals surface area contributed by atoms with Gasteiger partial charge in [-0.25, -0.2) is 14.5 Å².